The van der Waals surface area contributed by atoms with Crippen molar-refractivity contribution in [3.8, 4) is 0 Å². The van der Waals surface area contributed by atoms with Crippen LogP contribution in [0.15, 0.2) is 12.3 Å². The lowest BCUT2D eigenvalue weighted by molar-refractivity contribution is 0.0587. The first kappa shape index (κ1) is 16.5. The van der Waals surface area contributed by atoms with Gasteiger partial charge in [-0.1, -0.05) is 25.4 Å². The number of anilines is 1. The highest BCUT2D eigenvalue weighted by molar-refractivity contribution is 6.29. The van der Waals surface area contributed by atoms with E-state index in [0.29, 0.717) is 16.6 Å². The summed E-state index contributed by atoms with van der Waals surface area (Å²) >= 11 is 6.11. The van der Waals surface area contributed by atoms with Gasteiger partial charge in [0.1, 0.15) is 16.6 Å². The molecule has 0 aliphatic heterocycles. The summed E-state index contributed by atoms with van der Waals surface area (Å²) < 4.78 is 6.98. The third-order valence-corrected chi connectivity index (χ3v) is 3.28. The van der Waals surface area contributed by atoms with Crippen molar-refractivity contribution in [2.24, 2.45) is 0 Å². The summed E-state index contributed by atoms with van der Waals surface area (Å²) in [6.07, 6.45) is 1.27. The molecule has 1 amide bonds. The minimum Gasteiger partial charge on any atom is -0.443 e. The van der Waals surface area contributed by atoms with Gasteiger partial charge in [-0.25, -0.2) is 9.78 Å². The van der Waals surface area contributed by atoms with Crippen molar-refractivity contribution in [3.05, 3.63) is 23.0 Å². The Hall–Kier alpha value is -1.82. The summed E-state index contributed by atoms with van der Waals surface area (Å²) in [5, 5.41) is 4.63. The van der Waals surface area contributed by atoms with E-state index in [1.807, 2.05) is 20.8 Å². The Balaban J connectivity index is 2.49. The van der Waals surface area contributed by atoms with Crippen molar-refractivity contribution < 1.29 is 9.53 Å². The van der Waals surface area contributed by atoms with Crippen LogP contribution in [0.5, 0.6) is 0 Å². The number of aromatic nitrogens is 3. The van der Waals surface area contributed by atoms with E-state index in [1.165, 1.54) is 4.90 Å². The van der Waals surface area contributed by atoms with E-state index in [-0.39, 0.29) is 5.92 Å². The van der Waals surface area contributed by atoms with Crippen LogP contribution in [-0.2, 0) is 4.74 Å². The summed E-state index contributed by atoms with van der Waals surface area (Å²) in [4.78, 5) is 18.0. The molecule has 0 fully saturated rings. The molecule has 0 unspecified atom stereocenters. The van der Waals surface area contributed by atoms with Crippen molar-refractivity contribution in [2.45, 2.75) is 46.1 Å². The van der Waals surface area contributed by atoms with Gasteiger partial charge in [0.25, 0.3) is 0 Å². The van der Waals surface area contributed by atoms with Crippen LogP contribution in [0.3, 0.4) is 0 Å². The molecule has 7 heteroatoms. The van der Waals surface area contributed by atoms with Crippen LogP contribution in [-0.4, -0.2) is 33.3 Å². The summed E-state index contributed by atoms with van der Waals surface area (Å²) in [5.41, 5.74) is 1.04. The second-order valence-electron chi connectivity index (χ2n) is 6.47. The van der Waals surface area contributed by atoms with Gasteiger partial charge < -0.3 is 4.74 Å². The highest BCUT2D eigenvalue weighted by atomic mass is 35.5. The van der Waals surface area contributed by atoms with Crippen LogP contribution in [0, 0.1) is 0 Å². The second-order valence-corrected chi connectivity index (χ2v) is 6.85. The lowest BCUT2D eigenvalue weighted by Crippen LogP contribution is -2.35. The lowest BCUT2D eigenvalue weighted by Gasteiger charge is -2.24. The molecule has 6 nitrogen and oxygen atoms in total. The van der Waals surface area contributed by atoms with Crippen LogP contribution in [0.1, 0.15) is 46.1 Å². The summed E-state index contributed by atoms with van der Waals surface area (Å²) in [6, 6.07) is 1.59. The fourth-order valence-electron chi connectivity index (χ4n) is 2.01. The van der Waals surface area contributed by atoms with E-state index in [4.69, 9.17) is 16.3 Å². The predicted molar refractivity (Wildman–Crippen MR) is 86.7 cm³/mol. The van der Waals surface area contributed by atoms with Crippen molar-refractivity contribution in [2.75, 3.05) is 11.9 Å². The van der Waals surface area contributed by atoms with Crippen molar-refractivity contribution in [1.29, 1.82) is 0 Å². The molecule has 22 heavy (non-hydrogen) atoms. The average molecular weight is 325 g/mol. The molecule has 0 aliphatic carbocycles. The number of halogens is 1. The zero-order valence-electron chi connectivity index (χ0n) is 13.7. The van der Waals surface area contributed by atoms with Crippen LogP contribution < -0.4 is 4.90 Å². The molecule has 0 spiro atoms. The first-order valence-electron chi connectivity index (χ1n) is 7.11. The molecular weight excluding hydrogens is 304 g/mol. The molecule has 0 atom stereocenters. The fourth-order valence-corrected chi connectivity index (χ4v) is 2.18. The first-order chi connectivity index (χ1) is 10.1. The topological polar surface area (TPSA) is 59.7 Å². The molecule has 0 radical (unpaired) electrons. The molecule has 0 saturated carbocycles. The minimum absolute atomic E-state index is 0.253. The van der Waals surface area contributed by atoms with E-state index < -0.39 is 11.7 Å². The number of hydrogen-bond donors (Lipinski definition) is 0. The molecule has 0 saturated heterocycles. The summed E-state index contributed by atoms with van der Waals surface area (Å²) in [7, 11) is 1.62. The molecule has 0 aromatic carbocycles. The number of rotatable bonds is 2. The maximum absolute atomic E-state index is 12.3. The number of hydrogen-bond acceptors (Lipinski definition) is 4. The van der Waals surface area contributed by atoms with Crippen LogP contribution >= 0.6 is 11.6 Å². The van der Waals surface area contributed by atoms with Crippen molar-refractivity contribution in [1.82, 2.24) is 14.6 Å². The molecular formula is C15H21ClN4O2. The second kappa shape index (κ2) is 5.76. The highest BCUT2D eigenvalue weighted by Crippen LogP contribution is 2.26. The first-order valence-corrected chi connectivity index (χ1v) is 7.49. The van der Waals surface area contributed by atoms with Crippen molar-refractivity contribution in [3.63, 3.8) is 0 Å². The van der Waals surface area contributed by atoms with Crippen molar-refractivity contribution >= 4 is 29.2 Å². The molecule has 0 bridgehead atoms. The van der Waals surface area contributed by atoms with Crippen LogP contribution in [0.4, 0.5) is 10.6 Å². The maximum atomic E-state index is 12.3. The van der Waals surface area contributed by atoms with Gasteiger partial charge in [0.05, 0.1) is 6.20 Å². The lowest BCUT2D eigenvalue weighted by atomic mass is 10.1. The largest absolute Gasteiger partial charge is 0.443 e. The van der Waals surface area contributed by atoms with E-state index in [0.717, 1.165) is 5.56 Å². The van der Waals surface area contributed by atoms with Gasteiger partial charge in [0.15, 0.2) is 5.65 Å². The average Bonchev–Trinajstić information content (AvgIpc) is 2.78. The van der Waals surface area contributed by atoms with Gasteiger partial charge >= 0.3 is 6.09 Å². The Morgan fingerprint density at radius 2 is 2.05 bits per heavy atom. The smallest absolute Gasteiger partial charge is 0.415 e. The molecule has 0 N–H and O–H groups in total. The highest BCUT2D eigenvalue weighted by Gasteiger charge is 2.24. The Bertz CT molecular complexity index is 703. The van der Waals surface area contributed by atoms with E-state index in [9.17, 15) is 4.79 Å². The summed E-state index contributed by atoms with van der Waals surface area (Å²) in [6.45, 7) is 9.56. The third kappa shape index (κ3) is 3.32. The van der Waals surface area contributed by atoms with Gasteiger partial charge in [-0.2, -0.15) is 9.61 Å². The SMILES string of the molecule is CC(C)c1cnn2c(N(C)C(=O)OC(C)(C)C)cc(Cl)nc12. The van der Waals surface area contributed by atoms with Gasteiger partial charge in [-0.15, -0.1) is 0 Å². The van der Waals surface area contributed by atoms with E-state index in [2.05, 4.69) is 23.9 Å². The van der Waals surface area contributed by atoms with Crippen LogP contribution in [0.25, 0.3) is 5.65 Å². The molecule has 120 valence electrons. The Labute approximate surface area is 135 Å². The molecule has 2 aromatic heterocycles. The van der Waals surface area contributed by atoms with Gasteiger partial charge in [0, 0.05) is 18.7 Å². The quantitative estimate of drug-likeness (QED) is 0.787. The normalized spacial score (nSPS) is 12.0. The molecule has 2 aromatic rings. The number of carbonyl (C=O) groups is 1. The Morgan fingerprint density at radius 1 is 1.41 bits per heavy atom. The number of ether oxygens (including phenoxy) is 1. The van der Waals surface area contributed by atoms with Gasteiger partial charge in [-0.05, 0) is 26.7 Å². The number of nitrogens with zero attached hydrogens (tertiary/aromatic N) is 4. The van der Waals surface area contributed by atoms with Gasteiger partial charge in [0.2, 0.25) is 0 Å². The van der Waals surface area contributed by atoms with E-state index >= 15 is 0 Å². The van der Waals surface area contributed by atoms with E-state index in [1.54, 1.807) is 23.8 Å². The monoisotopic (exact) mass is 324 g/mol. The van der Waals surface area contributed by atoms with Gasteiger partial charge in [-0.3, -0.25) is 4.90 Å². The summed E-state index contributed by atoms with van der Waals surface area (Å²) in [5.74, 6) is 0.763. The zero-order valence-corrected chi connectivity index (χ0v) is 14.5. The Kier molecular flexibility index (Phi) is 4.33. The molecule has 2 rings (SSSR count). The van der Waals surface area contributed by atoms with Crippen LogP contribution in [0.2, 0.25) is 5.15 Å². The number of carbonyl (C=O) groups excluding carboxylic acids is 1. The third-order valence-electron chi connectivity index (χ3n) is 3.08. The standard InChI is InChI=1S/C15H21ClN4O2/c1-9(2)10-8-17-20-12(7-11(16)18-13(10)20)19(6)14(21)22-15(3,4)5/h7-9H,1-6H3. The number of amides is 1. The minimum atomic E-state index is -0.575. The number of fused-ring (bicyclic) bond motifs is 1. The maximum Gasteiger partial charge on any atom is 0.415 e. The Morgan fingerprint density at radius 3 is 2.59 bits per heavy atom. The zero-order chi connectivity index (χ0) is 16.7. The molecule has 2 heterocycles. The fraction of sp³-hybridized carbons (Fsp3) is 0.533. The molecule has 0 aliphatic rings. The predicted octanol–water partition coefficient (Wildman–Crippen LogP) is 3.88.